The number of hydrogen-bond acceptors (Lipinski definition) is 9. The van der Waals surface area contributed by atoms with Crippen LogP contribution in [0.1, 0.15) is 31.1 Å². The summed E-state index contributed by atoms with van der Waals surface area (Å²) in [5.41, 5.74) is -5.81. The normalized spacial score (nSPS) is 12.2. The largest absolute Gasteiger partial charge is 0.524 e. The summed E-state index contributed by atoms with van der Waals surface area (Å²) < 4.78 is 45.1. The number of benzene rings is 1. The van der Waals surface area contributed by atoms with Crippen LogP contribution in [0.5, 0.6) is 17.2 Å². The topological polar surface area (TPSA) is 312 Å². The van der Waals surface area contributed by atoms with Crippen LogP contribution < -0.4 is 13.6 Å². The van der Waals surface area contributed by atoms with Gasteiger partial charge in [0, 0.05) is 0 Å². The lowest BCUT2D eigenvalue weighted by molar-refractivity contribution is 0.0690. The molecule has 1 aromatic rings. The van der Waals surface area contributed by atoms with Crippen molar-refractivity contribution in [3.8, 4) is 17.2 Å². The van der Waals surface area contributed by atoms with Gasteiger partial charge in [0.05, 0.1) is 0 Å². The first-order valence-corrected chi connectivity index (χ1v) is 11.0. The van der Waals surface area contributed by atoms with Gasteiger partial charge in [-0.3, -0.25) is 29.4 Å². The Morgan fingerprint density at radius 2 is 0.667 bits per heavy atom. The van der Waals surface area contributed by atoms with Crippen LogP contribution in [-0.2, 0) is 13.7 Å². The van der Waals surface area contributed by atoms with Crippen LogP contribution in [0.2, 0.25) is 0 Å². The molecule has 0 amide bonds. The van der Waals surface area contributed by atoms with Crippen molar-refractivity contribution >= 4 is 41.4 Å². The second-order valence-corrected chi connectivity index (χ2v) is 8.26. The highest BCUT2D eigenvalue weighted by Gasteiger charge is 2.42. The van der Waals surface area contributed by atoms with Crippen LogP contribution in [0, 0.1) is 0 Å². The number of rotatable bonds is 9. The lowest BCUT2D eigenvalue weighted by Gasteiger charge is -2.21. The summed E-state index contributed by atoms with van der Waals surface area (Å²) in [6, 6.07) is 0. The van der Waals surface area contributed by atoms with Crippen LogP contribution in [-0.4, -0.2) is 62.6 Å². The standard InChI is InChI=1S/C9H9O18P3/c10-7(11)1-4(25-28(16,17)18)2(8(12)13)6(27-30(22,23)24)3(9(14)15)5(1)26-29(19,20)21/h(H,10,11)(H,12,13)(H,14,15)(H2,16,17,18)(H2,19,20,21)(H2,22,23,24). The minimum Gasteiger partial charge on any atom is -0.477 e. The van der Waals surface area contributed by atoms with Gasteiger partial charge in [0.2, 0.25) is 0 Å². The molecule has 1 rings (SSSR count). The van der Waals surface area contributed by atoms with Crippen molar-refractivity contribution in [1.29, 1.82) is 0 Å². The van der Waals surface area contributed by atoms with Gasteiger partial charge >= 0.3 is 41.4 Å². The van der Waals surface area contributed by atoms with Gasteiger partial charge in [-0.15, -0.1) is 0 Å². The molecule has 0 unspecified atom stereocenters. The molecule has 18 nitrogen and oxygen atoms in total. The van der Waals surface area contributed by atoms with Crippen molar-refractivity contribution in [2.24, 2.45) is 0 Å². The maximum absolute atomic E-state index is 11.5. The molecule has 21 heteroatoms. The second-order valence-electron chi connectivity index (χ2n) is 4.77. The number of aromatic carboxylic acids is 3. The Morgan fingerprint density at radius 1 is 0.500 bits per heavy atom. The summed E-state index contributed by atoms with van der Waals surface area (Å²) in [5.74, 6) is -13.4. The highest BCUT2D eigenvalue weighted by Crippen LogP contribution is 2.54. The molecule has 30 heavy (non-hydrogen) atoms. The van der Waals surface area contributed by atoms with Gasteiger partial charge in [0.1, 0.15) is 16.7 Å². The molecule has 9 N–H and O–H groups in total. The van der Waals surface area contributed by atoms with E-state index in [1.54, 1.807) is 0 Å². The second kappa shape index (κ2) is 8.31. The van der Waals surface area contributed by atoms with E-state index in [0.717, 1.165) is 0 Å². The van der Waals surface area contributed by atoms with E-state index >= 15 is 0 Å². The molecule has 1 aromatic carbocycles. The molecule has 0 spiro atoms. The summed E-state index contributed by atoms with van der Waals surface area (Å²) in [6.07, 6.45) is 0. The summed E-state index contributed by atoms with van der Waals surface area (Å²) in [6.45, 7) is 0. The third-order valence-electron chi connectivity index (χ3n) is 2.63. The van der Waals surface area contributed by atoms with Gasteiger partial charge in [0.25, 0.3) is 0 Å². The van der Waals surface area contributed by atoms with Gasteiger partial charge in [-0.25, -0.2) is 28.1 Å². The Kier molecular flexibility index (Phi) is 7.07. The molecule has 0 bridgehead atoms. The third kappa shape index (κ3) is 6.50. The molecule has 0 aromatic heterocycles. The number of carbonyl (C=O) groups is 3. The summed E-state index contributed by atoms with van der Waals surface area (Å²) in [7, 11) is -17.6. The lowest BCUT2D eigenvalue weighted by atomic mass is 10.00. The van der Waals surface area contributed by atoms with E-state index in [-0.39, 0.29) is 0 Å². The van der Waals surface area contributed by atoms with Crippen molar-refractivity contribution < 1.29 is 86.3 Å². The van der Waals surface area contributed by atoms with E-state index in [2.05, 4.69) is 13.6 Å². The Bertz CT molecular complexity index is 899. The Morgan fingerprint density at radius 3 is 0.767 bits per heavy atom. The fourth-order valence-electron chi connectivity index (χ4n) is 1.90. The number of carboxylic acids is 3. The maximum atomic E-state index is 11.5. The van der Waals surface area contributed by atoms with Crippen LogP contribution >= 0.6 is 23.5 Å². The average molecular weight is 498 g/mol. The SMILES string of the molecule is O=C(O)c1c(OP(=O)(O)O)c(C(=O)O)c(OP(=O)(O)O)c(C(=O)O)c1OP(=O)(O)O. The first-order valence-electron chi connectivity index (χ1n) is 6.44. The van der Waals surface area contributed by atoms with Gasteiger partial charge in [0.15, 0.2) is 17.2 Å². The fourth-order valence-corrected chi connectivity index (χ4v) is 3.16. The van der Waals surface area contributed by atoms with Crippen LogP contribution in [0.25, 0.3) is 0 Å². The highest BCUT2D eigenvalue weighted by atomic mass is 31.2. The molecule has 0 aliphatic heterocycles. The van der Waals surface area contributed by atoms with E-state index in [4.69, 9.17) is 29.4 Å². The molecular formula is C9H9O18P3. The zero-order valence-corrected chi connectivity index (χ0v) is 16.2. The number of phosphoric ester groups is 3. The minimum absolute atomic E-state index is 1.94. The van der Waals surface area contributed by atoms with E-state index in [9.17, 15) is 43.4 Å². The molecule has 0 radical (unpaired) electrons. The van der Waals surface area contributed by atoms with Crippen molar-refractivity contribution in [3.63, 3.8) is 0 Å². The molecule has 168 valence electrons. The zero-order chi connectivity index (χ0) is 23.8. The van der Waals surface area contributed by atoms with Gasteiger partial charge in [-0.2, -0.15) is 0 Å². The zero-order valence-electron chi connectivity index (χ0n) is 13.5. The van der Waals surface area contributed by atoms with Gasteiger partial charge < -0.3 is 28.9 Å². The number of hydrogen-bond donors (Lipinski definition) is 9. The molecule has 0 saturated carbocycles. The highest BCUT2D eigenvalue weighted by molar-refractivity contribution is 7.47. The van der Waals surface area contributed by atoms with Gasteiger partial charge in [-0.1, -0.05) is 0 Å². The Labute approximate surface area is 162 Å². The van der Waals surface area contributed by atoms with E-state index in [1.165, 1.54) is 0 Å². The van der Waals surface area contributed by atoms with Crippen molar-refractivity contribution in [1.82, 2.24) is 0 Å². The molecule has 0 atom stereocenters. The predicted octanol–water partition coefficient (Wildman–Crippen LogP) is -0.804. The summed E-state index contributed by atoms with van der Waals surface area (Å²) in [5, 5.41) is 27.7. The fraction of sp³-hybridized carbons (Fsp3) is 0. The molecule has 0 fully saturated rings. The van der Waals surface area contributed by atoms with Crippen LogP contribution in [0.15, 0.2) is 0 Å². The maximum Gasteiger partial charge on any atom is 0.524 e. The van der Waals surface area contributed by atoms with Crippen molar-refractivity contribution in [2.75, 3.05) is 0 Å². The quantitative estimate of drug-likeness (QED) is 0.188. The third-order valence-corrected chi connectivity index (χ3v) is 3.90. The molecule has 0 heterocycles. The smallest absolute Gasteiger partial charge is 0.477 e. The van der Waals surface area contributed by atoms with Gasteiger partial charge in [-0.05, 0) is 0 Å². The minimum atomic E-state index is -5.88. The molecular weight excluding hydrogens is 489 g/mol. The average Bonchev–Trinajstić information content (AvgIpc) is 2.40. The summed E-state index contributed by atoms with van der Waals surface area (Å²) >= 11 is 0. The first kappa shape index (κ1) is 25.5. The number of phosphoric acid groups is 3. The lowest BCUT2D eigenvalue weighted by Crippen LogP contribution is -2.17. The molecule has 0 aliphatic carbocycles. The first-order chi connectivity index (χ1) is 13.2. The van der Waals surface area contributed by atoms with Crippen molar-refractivity contribution in [3.05, 3.63) is 16.7 Å². The van der Waals surface area contributed by atoms with E-state index in [0.29, 0.717) is 0 Å². The van der Waals surface area contributed by atoms with E-state index in [1.807, 2.05) is 0 Å². The van der Waals surface area contributed by atoms with Crippen LogP contribution in [0.3, 0.4) is 0 Å². The summed E-state index contributed by atoms with van der Waals surface area (Å²) in [4.78, 5) is 88.0. The Balaban J connectivity index is 4.43. The molecule has 0 aliphatic rings. The predicted molar refractivity (Wildman–Crippen MR) is 85.3 cm³/mol. The van der Waals surface area contributed by atoms with E-state index < -0.39 is 75.3 Å². The van der Waals surface area contributed by atoms with Crippen molar-refractivity contribution in [2.45, 2.75) is 0 Å². The molecule has 0 saturated heterocycles. The van der Waals surface area contributed by atoms with Crippen LogP contribution in [0.4, 0.5) is 0 Å². The number of carboxylic acid groups (broad SMARTS) is 3. The Hall–Kier alpha value is -2.52. The monoisotopic (exact) mass is 498 g/mol.